The predicted octanol–water partition coefficient (Wildman–Crippen LogP) is 5.77. The molecule has 4 aromatic rings. The van der Waals surface area contributed by atoms with Gasteiger partial charge in [-0.05, 0) is 44.2 Å². The highest BCUT2D eigenvalue weighted by Crippen LogP contribution is 2.38. The number of amides is 2. The van der Waals surface area contributed by atoms with Crippen LogP contribution in [0.1, 0.15) is 57.4 Å². The summed E-state index contributed by atoms with van der Waals surface area (Å²) in [6.07, 6.45) is 1.40. The Bertz CT molecular complexity index is 1630. The third kappa shape index (κ3) is 4.45. The molecule has 0 fully saturated rings. The summed E-state index contributed by atoms with van der Waals surface area (Å²) in [5, 5.41) is 16.4. The summed E-state index contributed by atoms with van der Waals surface area (Å²) < 4.78 is 36.8. The van der Waals surface area contributed by atoms with Gasteiger partial charge in [-0.25, -0.2) is 0 Å². The van der Waals surface area contributed by atoms with Crippen LogP contribution in [-0.4, -0.2) is 34.7 Å². The maximum Gasteiger partial charge on any atom is 0.298 e. The third-order valence-corrected chi connectivity index (χ3v) is 7.18. The molecule has 2 heterocycles. The molecule has 202 valence electrons. The van der Waals surface area contributed by atoms with Gasteiger partial charge in [0.1, 0.15) is 11.8 Å². The van der Waals surface area contributed by atoms with E-state index in [9.17, 15) is 14.9 Å². The first-order valence-electron chi connectivity index (χ1n) is 12.5. The maximum absolute atomic E-state index is 15.1. The quantitative estimate of drug-likeness (QED) is 0.334. The zero-order chi connectivity index (χ0) is 28.6. The van der Waals surface area contributed by atoms with E-state index in [1.54, 1.807) is 22.9 Å². The molecule has 1 aliphatic heterocycles. The van der Waals surface area contributed by atoms with Crippen LogP contribution in [0, 0.1) is 11.3 Å². The molecular formula is C30H25F2N5O3. The molecule has 1 aliphatic rings. The number of nitrogens with one attached hydrogen (secondary N) is 1. The van der Waals surface area contributed by atoms with Crippen LogP contribution in [0.4, 0.5) is 20.2 Å². The number of anilines is 2. The van der Waals surface area contributed by atoms with Gasteiger partial charge in [-0.3, -0.25) is 14.3 Å². The van der Waals surface area contributed by atoms with Crippen molar-refractivity contribution < 1.29 is 23.1 Å². The zero-order valence-corrected chi connectivity index (χ0v) is 21.9. The van der Waals surface area contributed by atoms with E-state index in [1.807, 2.05) is 19.9 Å². The average molecular weight is 542 g/mol. The molecular weight excluding hydrogens is 516 g/mol. The van der Waals surface area contributed by atoms with Crippen molar-refractivity contribution in [1.29, 1.82) is 5.26 Å². The topological polar surface area (TPSA) is 100 Å². The summed E-state index contributed by atoms with van der Waals surface area (Å²) in [6.45, 7) is 3.73. The number of carbonyl (C=O) groups is 2. The molecule has 2 amide bonds. The summed E-state index contributed by atoms with van der Waals surface area (Å²) in [6, 6.07) is 18.9. The van der Waals surface area contributed by atoms with E-state index in [0.29, 0.717) is 11.4 Å². The fraction of sp³-hybridized carbons (Fsp3) is 0.200. The first-order chi connectivity index (χ1) is 19.2. The van der Waals surface area contributed by atoms with Crippen molar-refractivity contribution >= 4 is 23.2 Å². The van der Waals surface area contributed by atoms with Crippen LogP contribution in [0.5, 0.6) is 5.75 Å². The largest absolute Gasteiger partial charge is 0.495 e. The van der Waals surface area contributed by atoms with E-state index in [2.05, 4.69) is 10.4 Å². The normalized spacial score (nSPS) is 16.7. The van der Waals surface area contributed by atoms with Gasteiger partial charge in [-0.2, -0.15) is 19.1 Å². The number of aromatic nitrogens is 2. The summed E-state index contributed by atoms with van der Waals surface area (Å²) in [7, 11) is 1.43. The summed E-state index contributed by atoms with van der Waals surface area (Å²) in [4.78, 5) is 28.3. The highest BCUT2D eigenvalue weighted by atomic mass is 19.3. The number of rotatable bonds is 6. The second-order valence-corrected chi connectivity index (χ2v) is 9.48. The van der Waals surface area contributed by atoms with Crippen molar-refractivity contribution in [2.45, 2.75) is 31.9 Å². The Morgan fingerprint density at radius 3 is 2.35 bits per heavy atom. The minimum atomic E-state index is -3.20. The van der Waals surface area contributed by atoms with Gasteiger partial charge in [-0.15, -0.1) is 0 Å². The minimum Gasteiger partial charge on any atom is -0.495 e. The number of halogens is 2. The number of alkyl halides is 2. The molecule has 0 radical (unpaired) electrons. The molecule has 0 aliphatic carbocycles. The van der Waals surface area contributed by atoms with E-state index in [0.717, 1.165) is 0 Å². The second-order valence-electron chi connectivity index (χ2n) is 9.48. The number of ether oxygens (including phenoxy) is 1. The van der Waals surface area contributed by atoms with Gasteiger partial charge in [0.2, 0.25) is 0 Å². The Kier molecular flexibility index (Phi) is 6.81. The monoisotopic (exact) mass is 541 g/mol. The molecule has 0 bridgehead atoms. The Morgan fingerprint density at radius 2 is 1.70 bits per heavy atom. The molecule has 2 atom stereocenters. The van der Waals surface area contributed by atoms with Crippen LogP contribution in [0.25, 0.3) is 0 Å². The fourth-order valence-electron chi connectivity index (χ4n) is 4.82. The Labute approximate surface area is 229 Å². The highest BCUT2D eigenvalue weighted by molar-refractivity contribution is 6.13. The molecule has 8 nitrogen and oxygen atoms in total. The molecule has 40 heavy (non-hydrogen) atoms. The molecule has 0 saturated heterocycles. The second kappa shape index (κ2) is 10.3. The lowest BCUT2D eigenvalue weighted by Gasteiger charge is -2.38. The van der Waals surface area contributed by atoms with Gasteiger partial charge in [0.05, 0.1) is 36.6 Å². The smallest absolute Gasteiger partial charge is 0.298 e. The molecule has 0 saturated carbocycles. The SMILES string of the molecule is COc1ccc(C(=O)Nc2cnn3c2C(=O)N(c2ccc(C(F)(F)c4ccccc4)cc2)[C@@H](C)[C@@H]3C)cc1C#N. The van der Waals surface area contributed by atoms with E-state index < -0.39 is 17.7 Å². The van der Waals surface area contributed by atoms with Crippen LogP contribution in [0.3, 0.4) is 0 Å². The number of fused-ring (bicyclic) bond motifs is 1. The maximum atomic E-state index is 15.1. The van der Waals surface area contributed by atoms with Gasteiger partial charge in [0.15, 0.2) is 5.69 Å². The number of benzene rings is 3. The number of hydrogen-bond acceptors (Lipinski definition) is 5. The van der Waals surface area contributed by atoms with Crippen molar-refractivity contribution in [3.63, 3.8) is 0 Å². The standard InChI is InChI=1S/C30H25F2N5O3/c1-18-19(2)37-27(25(17-34-37)35-28(38)20-9-14-26(40-3)21(15-20)16-33)29(39)36(18)24-12-10-23(11-13-24)30(31,32)22-7-5-4-6-8-22/h4-15,17-19H,1-3H3,(H,35,38)/t18-,19-/m0/s1. The molecule has 10 heteroatoms. The van der Waals surface area contributed by atoms with E-state index in [1.165, 1.54) is 72.8 Å². The van der Waals surface area contributed by atoms with E-state index in [-0.39, 0.29) is 45.7 Å². The van der Waals surface area contributed by atoms with Crippen LogP contribution >= 0.6 is 0 Å². The van der Waals surface area contributed by atoms with Gasteiger partial charge in [0, 0.05) is 22.4 Å². The van der Waals surface area contributed by atoms with Gasteiger partial charge in [0.25, 0.3) is 17.7 Å². The summed E-state index contributed by atoms with van der Waals surface area (Å²) >= 11 is 0. The first kappa shape index (κ1) is 26.6. The predicted molar refractivity (Wildman–Crippen MR) is 145 cm³/mol. The number of methoxy groups -OCH3 is 1. The number of nitrogens with zero attached hydrogens (tertiary/aromatic N) is 4. The van der Waals surface area contributed by atoms with Crippen LogP contribution < -0.4 is 15.0 Å². The third-order valence-electron chi connectivity index (χ3n) is 7.18. The summed E-state index contributed by atoms with van der Waals surface area (Å²) in [5.74, 6) is -3.84. The van der Waals surface area contributed by atoms with Crippen LogP contribution in [0.15, 0.2) is 79.0 Å². The Morgan fingerprint density at radius 1 is 1.02 bits per heavy atom. The molecule has 5 rings (SSSR count). The van der Waals surface area contributed by atoms with E-state index in [4.69, 9.17) is 4.74 Å². The van der Waals surface area contributed by atoms with Crippen LogP contribution in [0.2, 0.25) is 0 Å². The van der Waals surface area contributed by atoms with E-state index >= 15 is 8.78 Å². The molecule has 0 unspecified atom stereocenters. The van der Waals surface area contributed by atoms with Crippen molar-refractivity contribution in [3.8, 4) is 11.8 Å². The fourth-order valence-corrected chi connectivity index (χ4v) is 4.82. The Balaban J connectivity index is 1.44. The summed E-state index contributed by atoms with van der Waals surface area (Å²) in [5.41, 5.74) is 0.873. The lowest BCUT2D eigenvalue weighted by Crippen LogP contribution is -2.49. The number of nitriles is 1. The van der Waals surface area contributed by atoms with Gasteiger partial charge in [-0.1, -0.05) is 42.5 Å². The lowest BCUT2D eigenvalue weighted by molar-refractivity contribution is 0.0428. The zero-order valence-electron chi connectivity index (χ0n) is 21.9. The van der Waals surface area contributed by atoms with Crippen molar-refractivity contribution in [2.24, 2.45) is 0 Å². The molecule has 0 spiro atoms. The van der Waals surface area contributed by atoms with Crippen molar-refractivity contribution in [2.75, 3.05) is 17.3 Å². The number of hydrogen-bond donors (Lipinski definition) is 1. The van der Waals surface area contributed by atoms with Crippen molar-refractivity contribution in [1.82, 2.24) is 9.78 Å². The molecule has 1 aromatic heterocycles. The Hall–Kier alpha value is -5.04. The number of carbonyl (C=O) groups excluding carboxylic acids is 2. The average Bonchev–Trinajstić information content (AvgIpc) is 3.40. The van der Waals surface area contributed by atoms with Crippen molar-refractivity contribution in [3.05, 3.63) is 107 Å². The van der Waals surface area contributed by atoms with Gasteiger partial charge < -0.3 is 15.0 Å². The first-order valence-corrected chi connectivity index (χ1v) is 12.5. The highest BCUT2D eigenvalue weighted by Gasteiger charge is 2.40. The molecule has 3 aromatic carbocycles. The molecule has 1 N–H and O–H groups in total. The lowest BCUT2D eigenvalue weighted by atomic mass is 9.99. The minimum absolute atomic E-state index is 0.123. The van der Waals surface area contributed by atoms with Gasteiger partial charge >= 0.3 is 0 Å². The van der Waals surface area contributed by atoms with Crippen LogP contribution in [-0.2, 0) is 5.92 Å².